The first-order valence-electron chi connectivity index (χ1n) is 12.5. The number of aliphatic hydroxyl groups is 1. The number of alkyl carbamates (subject to hydrolysis) is 1. The van der Waals surface area contributed by atoms with Crippen LogP contribution in [0.2, 0.25) is 0 Å². The van der Waals surface area contributed by atoms with Crippen molar-refractivity contribution in [2.24, 2.45) is 0 Å². The van der Waals surface area contributed by atoms with Gasteiger partial charge >= 0.3 is 6.09 Å². The summed E-state index contributed by atoms with van der Waals surface area (Å²) in [5.41, 5.74) is 1.31. The van der Waals surface area contributed by atoms with Crippen LogP contribution in [0.4, 0.5) is 4.79 Å². The lowest BCUT2D eigenvalue weighted by atomic mass is 9.96. The number of rotatable bonds is 10. The van der Waals surface area contributed by atoms with Crippen molar-refractivity contribution in [1.29, 1.82) is 0 Å². The highest BCUT2D eigenvalue weighted by atomic mass is 16.6. The van der Waals surface area contributed by atoms with Crippen LogP contribution < -0.4 is 10.6 Å². The molecule has 2 aromatic carbocycles. The molecule has 3 rings (SSSR count). The van der Waals surface area contributed by atoms with E-state index in [1.165, 1.54) is 0 Å². The molecule has 2 amide bonds. The Morgan fingerprint density at radius 1 is 1.09 bits per heavy atom. The second-order valence-electron chi connectivity index (χ2n) is 10.2. The van der Waals surface area contributed by atoms with Crippen molar-refractivity contribution in [1.82, 2.24) is 15.5 Å². The van der Waals surface area contributed by atoms with Crippen molar-refractivity contribution in [3.8, 4) is 0 Å². The van der Waals surface area contributed by atoms with Crippen LogP contribution in [-0.2, 0) is 22.5 Å². The molecule has 1 heterocycles. The van der Waals surface area contributed by atoms with Crippen molar-refractivity contribution in [3.63, 3.8) is 0 Å². The Hall–Kier alpha value is -2.90. The molecule has 7 nitrogen and oxygen atoms in total. The summed E-state index contributed by atoms with van der Waals surface area (Å²) in [6.45, 7) is 7.95. The first kappa shape index (κ1) is 26.7. The number of benzene rings is 2. The van der Waals surface area contributed by atoms with Crippen molar-refractivity contribution in [3.05, 3.63) is 71.8 Å². The predicted molar refractivity (Wildman–Crippen MR) is 137 cm³/mol. The van der Waals surface area contributed by atoms with Crippen molar-refractivity contribution >= 4 is 12.0 Å². The van der Waals surface area contributed by atoms with Crippen molar-refractivity contribution in [2.75, 3.05) is 0 Å². The third-order valence-electron chi connectivity index (χ3n) is 6.08. The molecule has 4 atom stereocenters. The van der Waals surface area contributed by atoms with Crippen LogP contribution >= 0.6 is 0 Å². The molecule has 2 aromatic rings. The maximum absolute atomic E-state index is 13.6. The molecule has 1 unspecified atom stereocenters. The predicted octanol–water partition coefficient (Wildman–Crippen LogP) is 4.00. The van der Waals surface area contributed by atoms with E-state index >= 15 is 0 Å². The van der Waals surface area contributed by atoms with Crippen molar-refractivity contribution < 1.29 is 19.4 Å². The normalized spacial score (nSPS) is 19.9. The van der Waals surface area contributed by atoms with Gasteiger partial charge in [-0.15, -0.1) is 0 Å². The largest absolute Gasteiger partial charge is 0.444 e. The Bertz CT molecular complexity index is 946. The average Bonchev–Trinajstić information content (AvgIpc) is 3.12. The number of unbranched alkanes of at least 4 members (excludes halogenated alkanes) is 1. The molecule has 0 saturated carbocycles. The van der Waals surface area contributed by atoms with Gasteiger partial charge in [-0.05, 0) is 44.7 Å². The first-order chi connectivity index (χ1) is 16.7. The van der Waals surface area contributed by atoms with Gasteiger partial charge < -0.3 is 20.1 Å². The van der Waals surface area contributed by atoms with Crippen LogP contribution in [0.5, 0.6) is 0 Å². The van der Waals surface area contributed by atoms with Gasteiger partial charge in [0.15, 0.2) is 0 Å². The molecular formula is C28H39N3O4. The Kier molecular flexibility index (Phi) is 9.29. The lowest BCUT2D eigenvalue weighted by Gasteiger charge is -2.29. The van der Waals surface area contributed by atoms with Gasteiger partial charge in [-0.2, -0.15) is 0 Å². The van der Waals surface area contributed by atoms with E-state index in [0.717, 1.165) is 30.4 Å². The van der Waals surface area contributed by atoms with E-state index in [4.69, 9.17) is 4.74 Å². The van der Waals surface area contributed by atoms with E-state index in [1.807, 2.05) is 65.6 Å². The summed E-state index contributed by atoms with van der Waals surface area (Å²) < 4.78 is 5.44. The van der Waals surface area contributed by atoms with E-state index < -0.39 is 29.9 Å². The molecule has 3 N–H and O–H groups in total. The van der Waals surface area contributed by atoms with Crippen LogP contribution in [0, 0.1) is 0 Å². The lowest BCUT2D eigenvalue weighted by Crippen LogP contribution is -2.55. The van der Waals surface area contributed by atoms with E-state index in [0.29, 0.717) is 13.0 Å². The number of nitrogens with zero attached hydrogens (tertiary/aromatic N) is 1. The molecule has 190 valence electrons. The number of hydrogen-bond donors (Lipinski definition) is 3. The monoisotopic (exact) mass is 481 g/mol. The highest BCUT2D eigenvalue weighted by molar-refractivity contribution is 5.85. The maximum Gasteiger partial charge on any atom is 0.407 e. The minimum atomic E-state index is -1.14. The van der Waals surface area contributed by atoms with Crippen LogP contribution in [0.15, 0.2) is 60.7 Å². The van der Waals surface area contributed by atoms with Gasteiger partial charge in [-0.1, -0.05) is 80.4 Å². The number of amides is 2. The zero-order chi connectivity index (χ0) is 25.4. The van der Waals surface area contributed by atoms with Gasteiger partial charge in [0.25, 0.3) is 0 Å². The summed E-state index contributed by atoms with van der Waals surface area (Å²) >= 11 is 0. The fourth-order valence-electron chi connectivity index (χ4n) is 4.37. The number of hydrogen-bond acceptors (Lipinski definition) is 5. The Morgan fingerprint density at radius 3 is 2.26 bits per heavy atom. The van der Waals surface area contributed by atoms with Crippen LogP contribution in [0.3, 0.4) is 0 Å². The molecule has 0 radical (unpaired) electrons. The van der Waals surface area contributed by atoms with E-state index in [1.54, 1.807) is 20.8 Å². The van der Waals surface area contributed by atoms with Crippen LogP contribution in [-0.4, -0.2) is 52.0 Å². The molecule has 0 aliphatic carbocycles. The number of ether oxygens (including phenoxy) is 1. The van der Waals surface area contributed by atoms with Gasteiger partial charge in [0.05, 0.1) is 18.3 Å². The lowest BCUT2D eigenvalue weighted by molar-refractivity contribution is -0.133. The third kappa shape index (κ3) is 7.80. The molecule has 1 aliphatic heterocycles. The minimum Gasteiger partial charge on any atom is -0.444 e. The summed E-state index contributed by atoms with van der Waals surface area (Å²) in [6, 6.07) is 17.9. The second kappa shape index (κ2) is 12.2. The number of carbonyl (C=O) groups is 2. The van der Waals surface area contributed by atoms with Gasteiger partial charge in [-0.25, -0.2) is 4.79 Å². The molecule has 0 spiro atoms. The molecule has 7 heteroatoms. The maximum atomic E-state index is 13.6. The zero-order valence-corrected chi connectivity index (χ0v) is 21.2. The summed E-state index contributed by atoms with van der Waals surface area (Å²) in [6.07, 6.45) is 1.19. The molecule has 35 heavy (non-hydrogen) atoms. The fourth-order valence-corrected chi connectivity index (χ4v) is 4.37. The number of aliphatic hydroxyl groups excluding tert-OH is 1. The summed E-state index contributed by atoms with van der Waals surface area (Å²) in [7, 11) is 0. The van der Waals surface area contributed by atoms with Gasteiger partial charge in [0.2, 0.25) is 5.91 Å². The fraction of sp³-hybridized carbons (Fsp3) is 0.500. The quantitative estimate of drug-likeness (QED) is 0.477. The third-order valence-corrected chi connectivity index (χ3v) is 6.08. The molecular weight excluding hydrogens is 442 g/mol. The first-order valence-corrected chi connectivity index (χ1v) is 12.5. The summed E-state index contributed by atoms with van der Waals surface area (Å²) in [4.78, 5) is 28.0. The minimum absolute atomic E-state index is 0.161. The Balaban J connectivity index is 1.81. The van der Waals surface area contributed by atoms with Gasteiger partial charge in [-0.3, -0.25) is 10.1 Å². The topological polar surface area (TPSA) is 90.9 Å². The smallest absolute Gasteiger partial charge is 0.407 e. The molecule has 0 bridgehead atoms. The summed E-state index contributed by atoms with van der Waals surface area (Å²) in [5.74, 6) is -0.161. The van der Waals surface area contributed by atoms with E-state index in [-0.39, 0.29) is 12.1 Å². The zero-order valence-electron chi connectivity index (χ0n) is 21.2. The molecule has 1 saturated heterocycles. The average molecular weight is 482 g/mol. The van der Waals surface area contributed by atoms with Crippen LogP contribution in [0.25, 0.3) is 0 Å². The molecule has 0 aromatic heterocycles. The van der Waals surface area contributed by atoms with Gasteiger partial charge in [0.1, 0.15) is 11.6 Å². The number of carbonyl (C=O) groups excluding carboxylic acids is 2. The number of nitrogens with one attached hydrogen (secondary N) is 2. The van der Waals surface area contributed by atoms with E-state index in [9.17, 15) is 14.7 Å². The molecule has 1 fully saturated rings. The van der Waals surface area contributed by atoms with E-state index in [2.05, 4.69) is 17.6 Å². The standard InChI is InChI=1S/C28H39N3O4/c1-5-6-17-23-30-24(26(33)31(23)19-21-15-11-8-12-16-21)25(32)22(18-20-13-9-7-10-14-20)29-27(34)35-28(2,3)4/h7-16,22-25,30,32H,5-6,17-19H2,1-4H3,(H,29,34)/t22-,23?,24-,25-/m0/s1. The second-order valence-corrected chi connectivity index (χ2v) is 10.2. The summed E-state index contributed by atoms with van der Waals surface area (Å²) in [5, 5.41) is 17.6. The highest BCUT2D eigenvalue weighted by Crippen LogP contribution is 2.23. The van der Waals surface area contributed by atoms with Crippen molar-refractivity contribution in [2.45, 2.75) is 89.9 Å². The van der Waals surface area contributed by atoms with Crippen LogP contribution in [0.1, 0.15) is 58.1 Å². The SMILES string of the molecule is CCCCC1N[C@@H]([C@@H](O)[C@H](Cc2ccccc2)NC(=O)OC(C)(C)C)C(=O)N1Cc1ccccc1. The molecule has 1 aliphatic rings. The Labute approximate surface area is 208 Å². The highest BCUT2D eigenvalue weighted by Gasteiger charge is 2.45. The van der Waals surface area contributed by atoms with Gasteiger partial charge in [0, 0.05) is 6.54 Å². The Morgan fingerprint density at radius 2 is 1.69 bits per heavy atom.